The first kappa shape index (κ1) is 16.2. The molecule has 1 fully saturated rings. The number of carboxylic acids is 1. The highest BCUT2D eigenvalue weighted by Gasteiger charge is 2.39. The normalized spacial score (nSPS) is 22.5. The molecule has 0 aromatic rings. The molecule has 0 aliphatic carbocycles. The summed E-state index contributed by atoms with van der Waals surface area (Å²) < 4.78 is 0. The summed E-state index contributed by atoms with van der Waals surface area (Å²) in [6, 6.07) is -1.63. The first-order valence-electron chi connectivity index (χ1n) is 6.36. The Morgan fingerprint density at radius 1 is 1.35 bits per heavy atom. The number of β-amino-alcohol motifs (C(OH)–C–C–N with tert-alkyl or cyclic N) is 1. The van der Waals surface area contributed by atoms with Gasteiger partial charge in [-0.25, -0.2) is 9.59 Å². The zero-order valence-electron chi connectivity index (χ0n) is 11.8. The van der Waals surface area contributed by atoms with Gasteiger partial charge >= 0.3 is 12.0 Å². The number of nitrogens with one attached hydrogen (secondary N) is 2. The van der Waals surface area contributed by atoms with Crippen LogP contribution in [0, 0.1) is 5.41 Å². The van der Waals surface area contributed by atoms with Crippen molar-refractivity contribution in [3.8, 4) is 0 Å². The van der Waals surface area contributed by atoms with Gasteiger partial charge in [0.25, 0.3) is 0 Å². The molecule has 1 heterocycles. The fraction of sp³-hybridized carbons (Fsp3) is 0.750. The van der Waals surface area contributed by atoms with Crippen LogP contribution >= 0.6 is 0 Å². The van der Waals surface area contributed by atoms with E-state index in [1.54, 1.807) is 13.8 Å². The van der Waals surface area contributed by atoms with Gasteiger partial charge in [-0.1, -0.05) is 0 Å². The number of amides is 3. The van der Waals surface area contributed by atoms with Crippen molar-refractivity contribution in [1.29, 1.82) is 0 Å². The van der Waals surface area contributed by atoms with Gasteiger partial charge < -0.3 is 25.7 Å². The topological polar surface area (TPSA) is 119 Å². The number of rotatable bonds is 4. The molecule has 0 saturated carbocycles. The number of aliphatic hydroxyl groups is 1. The molecule has 1 aliphatic heterocycles. The van der Waals surface area contributed by atoms with E-state index >= 15 is 0 Å². The Morgan fingerprint density at radius 2 is 1.95 bits per heavy atom. The zero-order chi connectivity index (χ0) is 15.5. The molecular weight excluding hydrogens is 266 g/mol. The number of carbonyl (C=O) groups is 3. The standard InChI is InChI=1S/C12H21N3O5/c1-12(2,10(19)13-3)6-14-11(20)15-5-7(16)4-8(15)9(17)18/h7-8,16H,4-6H2,1-3H3,(H,13,19)(H,14,20)(H,17,18)/t7-,8-/m0/s1. The Bertz CT molecular complexity index is 410. The monoisotopic (exact) mass is 287 g/mol. The van der Waals surface area contributed by atoms with Crippen LogP contribution in [-0.4, -0.2) is 65.3 Å². The Kier molecular flexibility index (Phi) is 4.93. The van der Waals surface area contributed by atoms with Crippen LogP contribution in [0.1, 0.15) is 20.3 Å². The number of hydrogen-bond acceptors (Lipinski definition) is 4. The maximum Gasteiger partial charge on any atom is 0.326 e. The maximum atomic E-state index is 12.0. The van der Waals surface area contributed by atoms with Crippen LogP contribution in [0.15, 0.2) is 0 Å². The lowest BCUT2D eigenvalue weighted by Gasteiger charge is -2.26. The first-order valence-corrected chi connectivity index (χ1v) is 6.36. The lowest BCUT2D eigenvalue weighted by atomic mass is 9.92. The number of likely N-dealkylation sites (tertiary alicyclic amines) is 1. The second-order valence-corrected chi connectivity index (χ2v) is 5.52. The SMILES string of the molecule is CNC(=O)C(C)(C)CNC(=O)N1C[C@@H](O)C[C@H]1C(=O)O. The molecule has 0 bridgehead atoms. The van der Waals surface area contributed by atoms with Gasteiger partial charge in [0.2, 0.25) is 5.91 Å². The molecule has 2 atom stereocenters. The van der Waals surface area contributed by atoms with Crippen molar-refractivity contribution >= 4 is 17.9 Å². The van der Waals surface area contributed by atoms with Crippen molar-refractivity contribution in [3.63, 3.8) is 0 Å². The van der Waals surface area contributed by atoms with Crippen LogP contribution in [-0.2, 0) is 9.59 Å². The molecule has 0 aromatic heterocycles. The van der Waals surface area contributed by atoms with E-state index in [1.807, 2.05) is 0 Å². The van der Waals surface area contributed by atoms with Gasteiger partial charge in [-0.2, -0.15) is 0 Å². The van der Waals surface area contributed by atoms with Crippen LogP contribution in [0.4, 0.5) is 4.79 Å². The predicted octanol–water partition coefficient (Wildman–Crippen LogP) is -1.01. The van der Waals surface area contributed by atoms with E-state index in [1.165, 1.54) is 7.05 Å². The molecule has 8 nitrogen and oxygen atoms in total. The molecule has 1 rings (SSSR count). The lowest BCUT2D eigenvalue weighted by molar-refractivity contribution is -0.141. The summed E-state index contributed by atoms with van der Waals surface area (Å²) in [6.45, 7) is 3.38. The van der Waals surface area contributed by atoms with E-state index in [0.29, 0.717) is 0 Å². The number of urea groups is 1. The van der Waals surface area contributed by atoms with Crippen molar-refractivity contribution in [2.75, 3.05) is 20.1 Å². The highest BCUT2D eigenvalue weighted by atomic mass is 16.4. The number of nitrogens with zero attached hydrogens (tertiary/aromatic N) is 1. The minimum absolute atomic E-state index is 0.0155. The molecule has 0 spiro atoms. The molecule has 114 valence electrons. The largest absolute Gasteiger partial charge is 0.480 e. The number of aliphatic carboxylic acids is 1. The summed E-state index contributed by atoms with van der Waals surface area (Å²) in [5.74, 6) is -1.38. The third kappa shape index (κ3) is 3.60. The van der Waals surface area contributed by atoms with Crippen molar-refractivity contribution in [3.05, 3.63) is 0 Å². The Hall–Kier alpha value is -1.83. The molecule has 3 amide bonds. The average Bonchev–Trinajstić information content (AvgIpc) is 2.77. The van der Waals surface area contributed by atoms with E-state index in [4.69, 9.17) is 5.11 Å². The quantitative estimate of drug-likeness (QED) is 0.528. The number of carbonyl (C=O) groups excluding carboxylic acids is 2. The summed E-state index contributed by atoms with van der Waals surface area (Å²) in [5.41, 5.74) is -0.804. The van der Waals surface area contributed by atoms with E-state index in [2.05, 4.69) is 10.6 Å². The van der Waals surface area contributed by atoms with Crippen LogP contribution in [0.2, 0.25) is 0 Å². The molecule has 0 unspecified atom stereocenters. The molecule has 1 aliphatic rings. The molecule has 0 radical (unpaired) electrons. The number of carboxylic acid groups (broad SMARTS) is 1. The zero-order valence-corrected chi connectivity index (χ0v) is 11.8. The minimum atomic E-state index is -1.15. The predicted molar refractivity (Wildman–Crippen MR) is 70.0 cm³/mol. The van der Waals surface area contributed by atoms with Gasteiger partial charge in [0.1, 0.15) is 6.04 Å². The van der Waals surface area contributed by atoms with Crippen LogP contribution in [0.25, 0.3) is 0 Å². The van der Waals surface area contributed by atoms with Gasteiger partial charge in [0, 0.05) is 26.6 Å². The van der Waals surface area contributed by atoms with Gasteiger partial charge in [-0.05, 0) is 13.8 Å². The Labute approximate surface area is 117 Å². The second-order valence-electron chi connectivity index (χ2n) is 5.52. The molecular formula is C12H21N3O5. The van der Waals surface area contributed by atoms with Crippen molar-refractivity contribution in [2.24, 2.45) is 5.41 Å². The van der Waals surface area contributed by atoms with Crippen molar-refractivity contribution < 1.29 is 24.6 Å². The van der Waals surface area contributed by atoms with Gasteiger partial charge in [0.05, 0.1) is 11.5 Å². The number of hydrogen-bond donors (Lipinski definition) is 4. The maximum absolute atomic E-state index is 12.0. The smallest absolute Gasteiger partial charge is 0.326 e. The first-order chi connectivity index (χ1) is 9.19. The van der Waals surface area contributed by atoms with Crippen LogP contribution < -0.4 is 10.6 Å². The molecule has 4 N–H and O–H groups in total. The molecule has 0 aromatic carbocycles. The second kappa shape index (κ2) is 6.08. The lowest BCUT2D eigenvalue weighted by Crippen LogP contribution is -2.50. The summed E-state index contributed by atoms with van der Waals surface area (Å²) in [7, 11) is 1.50. The van der Waals surface area contributed by atoms with E-state index in [9.17, 15) is 19.5 Å². The van der Waals surface area contributed by atoms with E-state index in [-0.39, 0.29) is 25.4 Å². The molecule has 20 heavy (non-hydrogen) atoms. The number of aliphatic hydroxyl groups excluding tert-OH is 1. The highest BCUT2D eigenvalue weighted by Crippen LogP contribution is 2.19. The van der Waals surface area contributed by atoms with Crippen LogP contribution in [0.5, 0.6) is 0 Å². The van der Waals surface area contributed by atoms with Crippen molar-refractivity contribution in [2.45, 2.75) is 32.4 Å². The molecule has 1 saturated heterocycles. The van der Waals surface area contributed by atoms with Crippen LogP contribution in [0.3, 0.4) is 0 Å². The summed E-state index contributed by atoms with van der Waals surface area (Å²) in [4.78, 5) is 35.7. The summed E-state index contributed by atoms with van der Waals surface area (Å²) >= 11 is 0. The van der Waals surface area contributed by atoms with Gasteiger partial charge in [-0.3, -0.25) is 4.79 Å². The fourth-order valence-electron chi connectivity index (χ4n) is 2.09. The average molecular weight is 287 g/mol. The Balaban J connectivity index is 2.63. The third-order valence-electron chi connectivity index (χ3n) is 3.35. The van der Waals surface area contributed by atoms with E-state index in [0.717, 1.165) is 4.90 Å². The third-order valence-corrected chi connectivity index (χ3v) is 3.35. The van der Waals surface area contributed by atoms with E-state index < -0.39 is 29.6 Å². The molecule has 8 heteroatoms. The summed E-state index contributed by atoms with van der Waals surface area (Å²) in [6.07, 6.45) is -0.824. The van der Waals surface area contributed by atoms with Gasteiger partial charge in [0.15, 0.2) is 0 Å². The van der Waals surface area contributed by atoms with Gasteiger partial charge in [-0.15, -0.1) is 0 Å². The highest BCUT2D eigenvalue weighted by molar-refractivity contribution is 5.85. The fourth-order valence-corrected chi connectivity index (χ4v) is 2.09. The summed E-state index contributed by atoms with van der Waals surface area (Å²) in [5, 5.41) is 23.5. The van der Waals surface area contributed by atoms with Crippen molar-refractivity contribution in [1.82, 2.24) is 15.5 Å². The Morgan fingerprint density at radius 3 is 2.45 bits per heavy atom. The minimum Gasteiger partial charge on any atom is -0.480 e.